The molecule has 0 unspecified atom stereocenters. The maximum absolute atomic E-state index is 5.97. The molecule has 10 nitrogen and oxygen atoms in total. The summed E-state index contributed by atoms with van der Waals surface area (Å²) in [6.45, 7) is 1.43. The van der Waals surface area contributed by atoms with Gasteiger partial charge in [0.2, 0.25) is 23.5 Å². The molecule has 174 valence electrons. The van der Waals surface area contributed by atoms with Crippen LogP contribution in [-0.2, 0) is 10.3 Å². The predicted molar refractivity (Wildman–Crippen MR) is 129 cm³/mol. The van der Waals surface area contributed by atoms with Gasteiger partial charge in [0.1, 0.15) is 0 Å². The van der Waals surface area contributed by atoms with Gasteiger partial charge in [0.15, 0.2) is 0 Å². The van der Waals surface area contributed by atoms with Crippen LogP contribution in [-0.4, -0.2) is 52.3 Å². The molecule has 0 spiro atoms. The standard InChI is InChI=1S/C24H26N8O2/c1-31(18-11-7-4-8-12-18)22-27-19(26-21(25)29-22)20-28-23(34-30-20)32-15-13-24(33-2,14-16-32)17-9-5-3-6-10-17/h3-12H,13-16H2,1-2H3,(H2,25,26,27,29). The smallest absolute Gasteiger partial charge is 0.324 e. The third-order valence-corrected chi connectivity index (χ3v) is 6.23. The average Bonchev–Trinajstić information content (AvgIpc) is 3.39. The Morgan fingerprint density at radius 3 is 2.26 bits per heavy atom. The summed E-state index contributed by atoms with van der Waals surface area (Å²) in [6, 6.07) is 20.5. The van der Waals surface area contributed by atoms with Gasteiger partial charge in [-0.05, 0) is 30.5 Å². The molecule has 0 amide bonds. The fourth-order valence-corrected chi connectivity index (χ4v) is 4.24. The molecular weight excluding hydrogens is 432 g/mol. The van der Waals surface area contributed by atoms with E-state index < -0.39 is 0 Å². The third-order valence-electron chi connectivity index (χ3n) is 6.23. The minimum atomic E-state index is -0.319. The van der Waals surface area contributed by atoms with Gasteiger partial charge in [0, 0.05) is 32.9 Å². The van der Waals surface area contributed by atoms with E-state index in [1.807, 2.05) is 60.5 Å². The van der Waals surface area contributed by atoms with E-state index in [1.54, 1.807) is 7.11 Å². The van der Waals surface area contributed by atoms with Crippen molar-refractivity contribution in [2.45, 2.75) is 18.4 Å². The molecular formula is C24H26N8O2. The van der Waals surface area contributed by atoms with Crippen molar-refractivity contribution in [1.29, 1.82) is 0 Å². The topological polar surface area (TPSA) is 119 Å². The second-order valence-corrected chi connectivity index (χ2v) is 8.16. The summed E-state index contributed by atoms with van der Waals surface area (Å²) in [7, 11) is 3.63. The molecule has 0 radical (unpaired) electrons. The van der Waals surface area contributed by atoms with Crippen molar-refractivity contribution in [3.8, 4) is 11.6 Å². The number of methoxy groups -OCH3 is 1. The predicted octanol–water partition coefficient (Wildman–Crippen LogP) is 3.41. The van der Waals surface area contributed by atoms with Gasteiger partial charge < -0.3 is 24.8 Å². The summed E-state index contributed by atoms with van der Waals surface area (Å²) in [5.41, 5.74) is 7.74. The number of benzene rings is 2. The molecule has 0 saturated carbocycles. The Kier molecular flexibility index (Phi) is 5.81. The first-order valence-electron chi connectivity index (χ1n) is 11.1. The number of anilines is 4. The highest BCUT2D eigenvalue weighted by Gasteiger charge is 2.37. The van der Waals surface area contributed by atoms with Gasteiger partial charge in [0.05, 0.1) is 5.60 Å². The fourth-order valence-electron chi connectivity index (χ4n) is 4.24. The number of aromatic nitrogens is 5. The number of nitrogens with two attached hydrogens (primary N) is 1. The van der Waals surface area contributed by atoms with Crippen molar-refractivity contribution in [2.24, 2.45) is 0 Å². The van der Waals surface area contributed by atoms with Crippen LogP contribution in [0.15, 0.2) is 65.2 Å². The monoisotopic (exact) mass is 458 g/mol. The normalized spacial score (nSPS) is 15.3. The van der Waals surface area contributed by atoms with Crippen molar-refractivity contribution in [3.63, 3.8) is 0 Å². The molecule has 2 aromatic carbocycles. The zero-order valence-corrected chi connectivity index (χ0v) is 19.1. The van der Waals surface area contributed by atoms with Crippen LogP contribution in [0.4, 0.5) is 23.6 Å². The second-order valence-electron chi connectivity index (χ2n) is 8.16. The molecule has 2 N–H and O–H groups in total. The van der Waals surface area contributed by atoms with Crippen molar-refractivity contribution >= 4 is 23.6 Å². The molecule has 3 heterocycles. The Labute approximate surface area is 197 Å². The van der Waals surface area contributed by atoms with Gasteiger partial charge in [-0.3, -0.25) is 0 Å². The van der Waals surface area contributed by atoms with E-state index in [0.29, 0.717) is 25.1 Å². The van der Waals surface area contributed by atoms with Crippen LogP contribution in [0, 0.1) is 0 Å². The number of nitrogens with zero attached hydrogens (tertiary/aromatic N) is 7. The Bertz CT molecular complexity index is 1240. The van der Waals surface area contributed by atoms with Crippen molar-refractivity contribution in [3.05, 3.63) is 66.2 Å². The van der Waals surface area contributed by atoms with Crippen molar-refractivity contribution in [1.82, 2.24) is 25.1 Å². The van der Waals surface area contributed by atoms with Crippen LogP contribution in [0.3, 0.4) is 0 Å². The quantitative estimate of drug-likeness (QED) is 0.460. The number of nitrogen functional groups attached to an aromatic ring is 1. The van der Waals surface area contributed by atoms with Crippen LogP contribution >= 0.6 is 0 Å². The van der Waals surface area contributed by atoms with E-state index in [9.17, 15) is 0 Å². The minimum Gasteiger partial charge on any atom is -0.373 e. The van der Waals surface area contributed by atoms with E-state index in [4.69, 9.17) is 15.0 Å². The molecule has 5 rings (SSSR count). The molecule has 1 aliphatic rings. The molecule has 4 aromatic rings. The van der Waals surface area contributed by atoms with Crippen molar-refractivity contribution in [2.75, 3.05) is 42.8 Å². The van der Waals surface area contributed by atoms with E-state index in [0.717, 1.165) is 18.5 Å². The van der Waals surface area contributed by atoms with Gasteiger partial charge >= 0.3 is 6.01 Å². The summed E-state index contributed by atoms with van der Waals surface area (Å²) in [4.78, 5) is 21.4. The summed E-state index contributed by atoms with van der Waals surface area (Å²) in [6.07, 6.45) is 1.60. The molecule has 10 heteroatoms. The highest BCUT2D eigenvalue weighted by atomic mass is 16.5. The lowest BCUT2D eigenvalue weighted by Gasteiger charge is -2.40. The maximum Gasteiger partial charge on any atom is 0.324 e. The van der Waals surface area contributed by atoms with E-state index in [-0.39, 0.29) is 23.2 Å². The molecule has 34 heavy (non-hydrogen) atoms. The summed E-state index contributed by atoms with van der Waals surface area (Å²) in [5, 5.41) is 4.10. The lowest BCUT2D eigenvalue weighted by atomic mass is 9.84. The Morgan fingerprint density at radius 2 is 1.59 bits per heavy atom. The molecule has 1 saturated heterocycles. The highest BCUT2D eigenvalue weighted by Crippen LogP contribution is 2.37. The Hall–Kier alpha value is -4.05. The fraction of sp³-hybridized carbons (Fsp3) is 0.292. The first-order valence-corrected chi connectivity index (χ1v) is 11.1. The largest absolute Gasteiger partial charge is 0.373 e. The van der Waals surface area contributed by atoms with Gasteiger partial charge in [-0.25, -0.2) is 0 Å². The number of ether oxygens (including phenoxy) is 1. The van der Waals surface area contributed by atoms with Crippen LogP contribution in [0.2, 0.25) is 0 Å². The van der Waals surface area contributed by atoms with Gasteiger partial charge in [-0.1, -0.05) is 53.7 Å². The zero-order valence-electron chi connectivity index (χ0n) is 19.1. The molecule has 0 bridgehead atoms. The summed E-state index contributed by atoms with van der Waals surface area (Å²) in [5.74, 6) is 0.997. The molecule has 1 fully saturated rings. The average molecular weight is 459 g/mol. The van der Waals surface area contributed by atoms with Gasteiger partial charge in [-0.15, -0.1) is 0 Å². The van der Waals surface area contributed by atoms with Gasteiger partial charge in [0.25, 0.3) is 0 Å². The zero-order chi connectivity index (χ0) is 23.5. The van der Waals surface area contributed by atoms with Crippen LogP contribution in [0.1, 0.15) is 18.4 Å². The lowest BCUT2D eigenvalue weighted by Crippen LogP contribution is -2.44. The number of para-hydroxylation sites is 1. The van der Waals surface area contributed by atoms with E-state index in [1.165, 1.54) is 5.56 Å². The SMILES string of the molecule is COC1(c2ccccc2)CCN(c2nc(-c3nc(N)nc(N(C)c4ccccc4)n3)no2)CC1. The van der Waals surface area contributed by atoms with Crippen LogP contribution in [0.5, 0.6) is 0 Å². The summed E-state index contributed by atoms with van der Waals surface area (Å²) < 4.78 is 11.5. The Morgan fingerprint density at radius 1 is 0.912 bits per heavy atom. The number of hydrogen-bond donors (Lipinski definition) is 1. The van der Waals surface area contributed by atoms with Crippen LogP contribution < -0.4 is 15.5 Å². The third kappa shape index (κ3) is 4.15. The second kappa shape index (κ2) is 9.06. The van der Waals surface area contributed by atoms with E-state index >= 15 is 0 Å². The molecule has 0 aliphatic carbocycles. The molecule has 1 aliphatic heterocycles. The molecule has 2 aromatic heterocycles. The first kappa shape index (κ1) is 21.8. The number of rotatable bonds is 6. The van der Waals surface area contributed by atoms with Crippen molar-refractivity contribution < 1.29 is 9.26 Å². The van der Waals surface area contributed by atoms with Gasteiger partial charge in [-0.2, -0.15) is 19.9 Å². The highest BCUT2D eigenvalue weighted by molar-refractivity contribution is 5.59. The number of piperidine rings is 1. The minimum absolute atomic E-state index is 0.0832. The first-order chi connectivity index (χ1) is 16.6. The van der Waals surface area contributed by atoms with Crippen LogP contribution in [0.25, 0.3) is 11.6 Å². The summed E-state index contributed by atoms with van der Waals surface area (Å²) >= 11 is 0. The van der Waals surface area contributed by atoms with E-state index in [2.05, 4.69) is 42.1 Å². The molecule has 0 atom stereocenters. The Balaban J connectivity index is 1.34. The lowest BCUT2D eigenvalue weighted by molar-refractivity contribution is -0.0352. The maximum atomic E-state index is 5.97. The number of hydrogen-bond acceptors (Lipinski definition) is 10.